The van der Waals surface area contributed by atoms with E-state index in [1.165, 1.54) is 77.0 Å². The largest absolute Gasteiger partial charge is 0.299 e. The minimum absolute atomic E-state index is 0.257. The van der Waals surface area contributed by atoms with Crippen molar-refractivity contribution in [3.8, 4) is 0 Å². The van der Waals surface area contributed by atoms with Gasteiger partial charge in [0, 0.05) is 23.7 Å². The second-order valence-corrected chi connectivity index (χ2v) is 12.9. The second kappa shape index (κ2) is 6.92. The van der Waals surface area contributed by atoms with Crippen LogP contribution in [0.25, 0.3) is 0 Å². The van der Waals surface area contributed by atoms with Crippen LogP contribution < -0.4 is 0 Å². The van der Waals surface area contributed by atoms with E-state index in [1.54, 1.807) is 0 Å². The molecule has 30 heavy (non-hydrogen) atoms. The molecule has 2 heteroatoms. The third kappa shape index (κ3) is 2.60. The number of carbonyl (C=O) groups excluding carboxylic acids is 2. The van der Waals surface area contributed by atoms with Gasteiger partial charge in [-0.05, 0) is 98.7 Å². The molecule has 7 aliphatic rings. The molecule has 12 atom stereocenters. The Hall–Kier alpha value is -0.660. The molecule has 0 aromatic heterocycles. The van der Waals surface area contributed by atoms with E-state index in [1.807, 2.05) is 0 Å². The quantitative estimate of drug-likeness (QED) is 0.487. The van der Waals surface area contributed by atoms with Crippen molar-refractivity contribution < 1.29 is 9.59 Å². The smallest absolute Gasteiger partial charge is 0.139 e. The van der Waals surface area contributed by atoms with E-state index in [0.29, 0.717) is 47.1 Å². The third-order valence-corrected chi connectivity index (χ3v) is 12.1. The van der Waals surface area contributed by atoms with Crippen LogP contribution in [0.5, 0.6) is 0 Å². The highest BCUT2D eigenvalue weighted by Gasteiger charge is 2.61. The highest BCUT2D eigenvalue weighted by atomic mass is 16.1. The SMILES string of the molecule is O=C1C2CCCCC2C2CC3C(CC12)C(=O)C1CC2CC4CCCCC4CC2CC13. The second-order valence-electron chi connectivity index (χ2n) is 12.9. The van der Waals surface area contributed by atoms with Crippen LogP contribution in [0.4, 0.5) is 0 Å². The summed E-state index contributed by atoms with van der Waals surface area (Å²) >= 11 is 0. The van der Waals surface area contributed by atoms with Crippen molar-refractivity contribution in [2.24, 2.45) is 71.0 Å². The van der Waals surface area contributed by atoms with Gasteiger partial charge >= 0.3 is 0 Å². The summed E-state index contributed by atoms with van der Waals surface area (Å²) < 4.78 is 0. The minimum Gasteiger partial charge on any atom is -0.299 e. The van der Waals surface area contributed by atoms with Gasteiger partial charge in [0.2, 0.25) is 0 Å². The molecule has 0 spiro atoms. The van der Waals surface area contributed by atoms with E-state index in [-0.39, 0.29) is 11.8 Å². The maximum atomic E-state index is 13.6. The maximum absolute atomic E-state index is 13.6. The number of carbonyl (C=O) groups is 2. The normalized spacial score (nSPS) is 56.9. The molecular formula is C28H40O2. The van der Waals surface area contributed by atoms with Crippen molar-refractivity contribution in [3.63, 3.8) is 0 Å². The number of hydrogen-bond acceptors (Lipinski definition) is 2. The first-order valence-corrected chi connectivity index (χ1v) is 13.8. The van der Waals surface area contributed by atoms with Crippen LogP contribution in [0.1, 0.15) is 89.9 Å². The molecule has 164 valence electrons. The van der Waals surface area contributed by atoms with Crippen LogP contribution in [0, 0.1) is 71.0 Å². The summed E-state index contributed by atoms with van der Waals surface area (Å²) in [6.07, 6.45) is 18.6. The van der Waals surface area contributed by atoms with Crippen LogP contribution in [-0.2, 0) is 9.59 Å². The highest BCUT2D eigenvalue weighted by Crippen LogP contribution is 2.63. The van der Waals surface area contributed by atoms with Gasteiger partial charge in [-0.15, -0.1) is 0 Å². The Bertz CT molecular complexity index is 741. The lowest BCUT2D eigenvalue weighted by atomic mass is 9.55. The predicted molar refractivity (Wildman–Crippen MR) is 117 cm³/mol. The summed E-state index contributed by atoms with van der Waals surface area (Å²) in [4.78, 5) is 26.9. The van der Waals surface area contributed by atoms with Gasteiger partial charge in [-0.2, -0.15) is 0 Å². The summed E-state index contributed by atoms with van der Waals surface area (Å²) in [6.45, 7) is 0. The van der Waals surface area contributed by atoms with Gasteiger partial charge in [-0.25, -0.2) is 0 Å². The van der Waals surface area contributed by atoms with E-state index >= 15 is 0 Å². The molecule has 0 amide bonds. The fraction of sp³-hybridized carbons (Fsp3) is 0.929. The summed E-state index contributed by atoms with van der Waals surface area (Å²) in [7, 11) is 0. The van der Waals surface area contributed by atoms with Crippen LogP contribution in [0.3, 0.4) is 0 Å². The number of ketones is 2. The fourth-order valence-electron chi connectivity index (χ4n) is 10.9. The molecule has 7 fully saturated rings. The Morgan fingerprint density at radius 2 is 0.933 bits per heavy atom. The Kier molecular flexibility index (Phi) is 4.35. The van der Waals surface area contributed by atoms with E-state index in [4.69, 9.17) is 0 Å². The summed E-state index contributed by atoms with van der Waals surface area (Å²) in [6, 6.07) is 0. The van der Waals surface area contributed by atoms with Gasteiger partial charge in [0.15, 0.2) is 0 Å². The molecule has 0 heterocycles. The topological polar surface area (TPSA) is 34.1 Å². The number of rotatable bonds is 0. The molecule has 7 saturated carbocycles. The van der Waals surface area contributed by atoms with Crippen LogP contribution >= 0.6 is 0 Å². The molecule has 0 N–H and O–H groups in total. The lowest BCUT2D eigenvalue weighted by molar-refractivity contribution is -0.129. The highest BCUT2D eigenvalue weighted by molar-refractivity contribution is 5.90. The monoisotopic (exact) mass is 408 g/mol. The molecule has 7 rings (SSSR count). The summed E-state index contributed by atoms with van der Waals surface area (Å²) in [5.74, 6) is 8.87. The molecule has 0 bridgehead atoms. The molecule has 0 radical (unpaired) electrons. The van der Waals surface area contributed by atoms with Gasteiger partial charge in [0.05, 0.1) is 0 Å². The van der Waals surface area contributed by atoms with E-state index in [9.17, 15) is 9.59 Å². The maximum Gasteiger partial charge on any atom is 0.139 e. The van der Waals surface area contributed by atoms with Crippen molar-refractivity contribution in [3.05, 3.63) is 0 Å². The van der Waals surface area contributed by atoms with E-state index < -0.39 is 0 Å². The van der Waals surface area contributed by atoms with Crippen LogP contribution in [-0.4, -0.2) is 11.6 Å². The first kappa shape index (κ1) is 18.9. The molecule has 0 aromatic carbocycles. The fourth-order valence-corrected chi connectivity index (χ4v) is 10.9. The van der Waals surface area contributed by atoms with E-state index in [0.717, 1.165) is 36.5 Å². The van der Waals surface area contributed by atoms with Gasteiger partial charge < -0.3 is 0 Å². The number of hydrogen-bond donors (Lipinski definition) is 0. The van der Waals surface area contributed by atoms with Crippen molar-refractivity contribution in [2.45, 2.75) is 89.9 Å². The average molecular weight is 409 g/mol. The van der Waals surface area contributed by atoms with Gasteiger partial charge in [0.25, 0.3) is 0 Å². The lowest BCUT2D eigenvalue weighted by Gasteiger charge is -2.49. The van der Waals surface area contributed by atoms with Crippen molar-refractivity contribution in [1.29, 1.82) is 0 Å². The first-order valence-electron chi connectivity index (χ1n) is 13.8. The van der Waals surface area contributed by atoms with Crippen molar-refractivity contribution >= 4 is 11.6 Å². The zero-order valence-electron chi connectivity index (χ0n) is 18.6. The lowest BCUT2D eigenvalue weighted by Crippen LogP contribution is -2.41. The standard InChI is InChI=1S/C28H40O2/c29-27-20-8-4-3-7-19(20)22-13-23-21-11-17-9-15-5-1-2-6-16(15)10-18(17)12-24(21)28(30)26(23)14-25(22)27/h15-26H,1-14H2. The summed E-state index contributed by atoms with van der Waals surface area (Å²) in [5.41, 5.74) is 0. The molecular weight excluding hydrogens is 368 g/mol. The molecule has 2 nitrogen and oxygen atoms in total. The molecule has 0 aromatic rings. The first-order chi connectivity index (χ1) is 14.7. The third-order valence-electron chi connectivity index (χ3n) is 12.1. The average Bonchev–Trinajstić information content (AvgIpc) is 3.21. The summed E-state index contributed by atoms with van der Waals surface area (Å²) in [5, 5.41) is 0. The zero-order chi connectivity index (χ0) is 20.0. The molecule has 0 saturated heterocycles. The van der Waals surface area contributed by atoms with Crippen molar-refractivity contribution in [1.82, 2.24) is 0 Å². The Labute approximate surface area is 182 Å². The van der Waals surface area contributed by atoms with Crippen LogP contribution in [0.2, 0.25) is 0 Å². The van der Waals surface area contributed by atoms with E-state index in [2.05, 4.69) is 0 Å². The van der Waals surface area contributed by atoms with Gasteiger partial charge in [-0.3, -0.25) is 9.59 Å². The molecule has 7 aliphatic carbocycles. The van der Waals surface area contributed by atoms with Crippen LogP contribution in [0.15, 0.2) is 0 Å². The Balaban J connectivity index is 1.14. The number of fused-ring (bicyclic) bond motifs is 8. The molecule has 12 unspecified atom stereocenters. The zero-order valence-corrected chi connectivity index (χ0v) is 18.6. The van der Waals surface area contributed by atoms with Gasteiger partial charge in [-0.1, -0.05) is 38.5 Å². The Morgan fingerprint density at radius 1 is 0.400 bits per heavy atom. The number of Topliss-reactive ketones (excluding diaryl/α,β-unsaturated/α-hetero) is 2. The Morgan fingerprint density at radius 3 is 1.70 bits per heavy atom. The minimum atomic E-state index is 0.257. The predicted octanol–water partition coefficient (Wildman–Crippen LogP) is 6.08. The van der Waals surface area contributed by atoms with Crippen molar-refractivity contribution in [2.75, 3.05) is 0 Å². The van der Waals surface area contributed by atoms with Gasteiger partial charge in [0.1, 0.15) is 11.6 Å². The molecule has 0 aliphatic heterocycles.